The maximum Gasteiger partial charge on any atom is 0.227 e. The number of rotatable bonds is 5. The second-order valence-corrected chi connectivity index (χ2v) is 5.48. The molecule has 1 heterocycles. The fourth-order valence-electron chi connectivity index (χ4n) is 2.68. The summed E-state index contributed by atoms with van der Waals surface area (Å²) in [5, 5.41) is 9.61. The van der Waals surface area contributed by atoms with Crippen LogP contribution in [0.5, 0.6) is 11.5 Å². The Morgan fingerprint density at radius 1 is 1.43 bits per heavy atom. The predicted molar refractivity (Wildman–Crippen MR) is 79.6 cm³/mol. The topological polar surface area (TPSA) is 59.0 Å². The molecule has 0 spiro atoms. The van der Waals surface area contributed by atoms with Crippen molar-refractivity contribution in [1.29, 1.82) is 0 Å². The van der Waals surface area contributed by atoms with Gasteiger partial charge in [0.2, 0.25) is 5.91 Å². The quantitative estimate of drug-likeness (QED) is 0.893. The van der Waals surface area contributed by atoms with Crippen LogP contribution in [0.15, 0.2) is 18.2 Å². The Morgan fingerprint density at radius 2 is 2.19 bits per heavy atom. The molecule has 0 saturated carbocycles. The second kappa shape index (κ2) is 6.80. The number of ether oxygens (including phenoxy) is 2. The number of aliphatic hydroxyl groups is 1. The summed E-state index contributed by atoms with van der Waals surface area (Å²) in [6.45, 7) is 3.13. The molecule has 0 bridgehead atoms. The Balaban J connectivity index is 2.03. The maximum absolute atomic E-state index is 12.4. The molecule has 2 rings (SSSR count). The van der Waals surface area contributed by atoms with Gasteiger partial charge in [-0.3, -0.25) is 4.79 Å². The summed E-state index contributed by atoms with van der Waals surface area (Å²) in [4.78, 5) is 14.2. The second-order valence-electron chi connectivity index (χ2n) is 5.48. The third-order valence-electron chi connectivity index (χ3n) is 4.10. The zero-order valence-corrected chi connectivity index (χ0v) is 12.8. The van der Waals surface area contributed by atoms with Gasteiger partial charge in [-0.1, -0.05) is 6.07 Å². The molecule has 5 nitrogen and oxygen atoms in total. The zero-order valence-electron chi connectivity index (χ0n) is 12.8. The lowest BCUT2D eigenvalue weighted by Gasteiger charge is -2.18. The molecule has 0 aromatic heterocycles. The van der Waals surface area contributed by atoms with E-state index in [0.29, 0.717) is 31.0 Å². The Kier molecular flexibility index (Phi) is 5.07. The van der Waals surface area contributed by atoms with E-state index in [9.17, 15) is 9.90 Å². The molecule has 21 heavy (non-hydrogen) atoms. The maximum atomic E-state index is 12.4. The van der Waals surface area contributed by atoms with Gasteiger partial charge in [-0.15, -0.1) is 0 Å². The van der Waals surface area contributed by atoms with E-state index in [0.717, 1.165) is 12.0 Å². The van der Waals surface area contributed by atoms with Gasteiger partial charge in [-0.05, 0) is 19.4 Å². The predicted octanol–water partition coefficient (Wildman–Crippen LogP) is 1.48. The molecule has 1 aromatic rings. The average molecular weight is 293 g/mol. The highest BCUT2D eigenvalue weighted by Crippen LogP contribution is 2.26. The Bertz CT molecular complexity index is 501. The van der Waals surface area contributed by atoms with Crippen LogP contribution in [-0.4, -0.2) is 49.3 Å². The monoisotopic (exact) mass is 293 g/mol. The van der Waals surface area contributed by atoms with Crippen molar-refractivity contribution in [1.82, 2.24) is 4.90 Å². The molecule has 1 aliphatic heterocycles. The van der Waals surface area contributed by atoms with Gasteiger partial charge in [0.15, 0.2) is 0 Å². The summed E-state index contributed by atoms with van der Waals surface area (Å²) in [7, 11) is 3.18. The van der Waals surface area contributed by atoms with Crippen molar-refractivity contribution >= 4 is 5.91 Å². The van der Waals surface area contributed by atoms with E-state index in [1.807, 2.05) is 17.0 Å². The SMILES string of the molecule is COc1ccc(CC(=O)N2CCC(C(C)O)C2)c(OC)c1. The smallest absolute Gasteiger partial charge is 0.227 e. The Labute approximate surface area is 125 Å². The fourth-order valence-corrected chi connectivity index (χ4v) is 2.68. The van der Waals surface area contributed by atoms with Gasteiger partial charge in [-0.2, -0.15) is 0 Å². The largest absolute Gasteiger partial charge is 0.497 e. The number of hydrogen-bond donors (Lipinski definition) is 1. The van der Waals surface area contributed by atoms with Crippen LogP contribution >= 0.6 is 0 Å². The van der Waals surface area contributed by atoms with Crippen LogP contribution in [0.3, 0.4) is 0 Å². The normalized spacial score (nSPS) is 19.4. The lowest BCUT2D eigenvalue weighted by Crippen LogP contribution is -2.31. The van der Waals surface area contributed by atoms with Crippen molar-refractivity contribution < 1.29 is 19.4 Å². The summed E-state index contributed by atoms with van der Waals surface area (Å²) >= 11 is 0. The van der Waals surface area contributed by atoms with Crippen molar-refractivity contribution in [2.75, 3.05) is 27.3 Å². The molecule has 0 radical (unpaired) electrons. The summed E-state index contributed by atoms with van der Waals surface area (Å²) in [6, 6.07) is 5.47. The van der Waals surface area contributed by atoms with Crippen LogP contribution in [0.1, 0.15) is 18.9 Å². The third kappa shape index (κ3) is 3.67. The minimum atomic E-state index is -0.363. The van der Waals surface area contributed by atoms with Gasteiger partial charge in [0.05, 0.1) is 26.7 Å². The standard InChI is InChI=1S/C16H23NO4/c1-11(18)13-6-7-17(10-13)16(19)8-12-4-5-14(20-2)9-15(12)21-3/h4-5,9,11,13,18H,6-8,10H2,1-3H3. The summed E-state index contributed by atoms with van der Waals surface area (Å²) in [5.41, 5.74) is 0.851. The number of likely N-dealkylation sites (tertiary alicyclic amines) is 1. The van der Waals surface area contributed by atoms with E-state index >= 15 is 0 Å². The molecule has 116 valence electrons. The summed E-state index contributed by atoms with van der Waals surface area (Å²) in [6.07, 6.45) is 0.807. The first-order valence-corrected chi connectivity index (χ1v) is 7.22. The first kappa shape index (κ1) is 15.6. The van der Waals surface area contributed by atoms with Crippen molar-refractivity contribution in [3.8, 4) is 11.5 Å². The zero-order chi connectivity index (χ0) is 15.4. The molecule has 2 unspecified atom stereocenters. The van der Waals surface area contributed by atoms with E-state index in [4.69, 9.17) is 9.47 Å². The van der Waals surface area contributed by atoms with Gasteiger partial charge in [-0.25, -0.2) is 0 Å². The molecule has 1 saturated heterocycles. The van der Waals surface area contributed by atoms with Crippen LogP contribution in [-0.2, 0) is 11.2 Å². The molecular formula is C16H23NO4. The first-order chi connectivity index (χ1) is 10.0. The highest BCUT2D eigenvalue weighted by Gasteiger charge is 2.29. The molecular weight excluding hydrogens is 270 g/mol. The van der Waals surface area contributed by atoms with Crippen LogP contribution in [0, 0.1) is 5.92 Å². The van der Waals surface area contributed by atoms with Crippen molar-refractivity contribution in [2.24, 2.45) is 5.92 Å². The number of amides is 1. The van der Waals surface area contributed by atoms with Gasteiger partial charge >= 0.3 is 0 Å². The number of benzene rings is 1. The number of carbonyl (C=O) groups excluding carboxylic acids is 1. The highest BCUT2D eigenvalue weighted by atomic mass is 16.5. The van der Waals surface area contributed by atoms with Gasteiger partial charge in [0, 0.05) is 30.6 Å². The van der Waals surface area contributed by atoms with Gasteiger partial charge in [0.1, 0.15) is 11.5 Å². The molecule has 1 fully saturated rings. The molecule has 2 atom stereocenters. The van der Waals surface area contributed by atoms with Gasteiger partial charge in [0.25, 0.3) is 0 Å². The minimum absolute atomic E-state index is 0.0709. The van der Waals surface area contributed by atoms with E-state index in [-0.39, 0.29) is 17.9 Å². The highest BCUT2D eigenvalue weighted by molar-refractivity contribution is 5.80. The van der Waals surface area contributed by atoms with E-state index in [2.05, 4.69) is 0 Å². The molecule has 1 aliphatic rings. The van der Waals surface area contributed by atoms with Crippen molar-refractivity contribution in [3.63, 3.8) is 0 Å². The number of nitrogens with zero attached hydrogens (tertiary/aromatic N) is 1. The van der Waals surface area contributed by atoms with Crippen LogP contribution in [0.2, 0.25) is 0 Å². The van der Waals surface area contributed by atoms with Crippen molar-refractivity contribution in [3.05, 3.63) is 23.8 Å². The lowest BCUT2D eigenvalue weighted by molar-refractivity contribution is -0.129. The van der Waals surface area contributed by atoms with Crippen LogP contribution in [0.4, 0.5) is 0 Å². The lowest BCUT2D eigenvalue weighted by atomic mass is 10.0. The number of hydrogen-bond acceptors (Lipinski definition) is 4. The number of aliphatic hydroxyl groups excluding tert-OH is 1. The molecule has 5 heteroatoms. The summed E-state index contributed by atoms with van der Waals surface area (Å²) in [5.74, 6) is 1.63. The number of carbonyl (C=O) groups is 1. The molecule has 0 aliphatic carbocycles. The van der Waals surface area contributed by atoms with Crippen LogP contribution < -0.4 is 9.47 Å². The molecule has 1 amide bonds. The fraction of sp³-hybridized carbons (Fsp3) is 0.562. The van der Waals surface area contributed by atoms with E-state index in [1.165, 1.54) is 0 Å². The number of methoxy groups -OCH3 is 2. The third-order valence-corrected chi connectivity index (χ3v) is 4.10. The van der Waals surface area contributed by atoms with E-state index < -0.39 is 0 Å². The first-order valence-electron chi connectivity index (χ1n) is 7.22. The molecule has 1 aromatic carbocycles. The molecule has 1 N–H and O–H groups in total. The summed E-state index contributed by atoms with van der Waals surface area (Å²) < 4.78 is 10.5. The Morgan fingerprint density at radius 3 is 2.76 bits per heavy atom. The van der Waals surface area contributed by atoms with Crippen LogP contribution in [0.25, 0.3) is 0 Å². The average Bonchev–Trinajstić information content (AvgIpc) is 2.97. The Hall–Kier alpha value is -1.75. The van der Waals surface area contributed by atoms with Gasteiger partial charge < -0.3 is 19.5 Å². The van der Waals surface area contributed by atoms with Crippen molar-refractivity contribution in [2.45, 2.75) is 25.9 Å². The van der Waals surface area contributed by atoms with E-state index in [1.54, 1.807) is 27.2 Å². The minimum Gasteiger partial charge on any atom is -0.497 e.